The zero-order valence-electron chi connectivity index (χ0n) is 22.4. The number of hydrazine groups is 2. The third kappa shape index (κ3) is 5.29. The van der Waals surface area contributed by atoms with Crippen LogP contribution in [0.15, 0.2) is 4.90 Å². The highest BCUT2D eigenvalue weighted by Crippen LogP contribution is 2.55. The van der Waals surface area contributed by atoms with E-state index < -0.39 is 15.9 Å². The van der Waals surface area contributed by atoms with Gasteiger partial charge in [-0.1, -0.05) is 0 Å². The third-order valence-electron chi connectivity index (χ3n) is 6.66. The monoisotopic (exact) mass is 526 g/mol. The number of morpholine rings is 1. The molecule has 0 saturated carbocycles. The molecule has 0 atom stereocenters. The van der Waals surface area contributed by atoms with Gasteiger partial charge < -0.3 is 29.7 Å². The molecule has 0 unspecified atom stereocenters. The van der Waals surface area contributed by atoms with Gasteiger partial charge in [-0.3, -0.25) is 10.2 Å². The van der Waals surface area contributed by atoms with E-state index in [-0.39, 0.29) is 4.90 Å². The predicted molar refractivity (Wildman–Crippen MR) is 145 cm³/mol. The SMILES string of the molecule is CCN(CC)c1c(N(C)C)c(NC)c(S(=O)(=O)N(N)NC(C)=O)c(N2CCOCC2)c1N1CCCC1. The Kier molecular flexibility index (Phi) is 9.14. The number of amides is 1. The summed E-state index contributed by atoms with van der Waals surface area (Å²) in [4.78, 5) is 20.4. The van der Waals surface area contributed by atoms with Crippen LogP contribution < -0.4 is 36.2 Å². The van der Waals surface area contributed by atoms with Crippen molar-refractivity contribution in [1.29, 1.82) is 0 Å². The fourth-order valence-corrected chi connectivity index (χ4v) is 6.44. The molecule has 0 spiro atoms. The van der Waals surface area contributed by atoms with Crippen LogP contribution in [0.2, 0.25) is 0 Å². The molecule has 0 radical (unpaired) electrons. The summed E-state index contributed by atoms with van der Waals surface area (Å²) in [5.74, 6) is 5.41. The molecule has 2 heterocycles. The largest absolute Gasteiger partial charge is 0.385 e. The van der Waals surface area contributed by atoms with E-state index in [0.29, 0.717) is 42.2 Å². The van der Waals surface area contributed by atoms with Gasteiger partial charge in [0, 0.05) is 67.3 Å². The van der Waals surface area contributed by atoms with Gasteiger partial charge in [-0.25, -0.2) is 14.3 Å². The van der Waals surface area contributed by atoms with Crippen LogP contribution in [0.1, 0.15) is 33.6 Å². The summed E-state index contributed by atoms with van der Waals surface area (Å²) in [6.45, 7) is 10.7. The van der Waals surface area contributed by atoms with Crippen LogP contribution in [-0.4, -0.2) is 92.5 Å². The molecule has 0 aliphatic carbocycles. The van der Waals surface area contributed by atoms with E-state index in [1.807, 2.05) is 19.0 Å². The molecule has 0 bridgehead atoms. The minimum absolute atomic E-state index is 0.0460. The highest BCUT2D eigenvalue weighted by molar-refractivity contribution is 7.89. The number of benzene rings is 1. The molecule has 3 rings (SSSR count). The number of carbonyl (C=O) groups is 1. The number of ether oxygens (including phenoxy) is 1. The smallest absolute Gasteiger partial charge is 0.277 e. The lowest BCUT2D eigenvalue weighted by Crippen LogP contribution is -2.50. The maximum atomic E-state index is 14.1. The summed E-state index contributed by atoms with van der Waals surface area (Å²) in [6, 6.07) is 0. The molecule has 2 aliphatic heterocycles. The van der Waals surface area contributed by atoms with Crippen molar-refractivity contribution in [2.24, 2.45) is 5.84 Å². The standard InChI is InChI=1S/C23H42N8O4S/c1-7-28(8-2)20-19(27(5)6)18(25-4)23(36(33,34)31(24)26-17(3)32)22(30-13-15-35-16-14-30)21(20)29-11-9-10-12-29/h25H,7-16,24H2,1-6H3,(H,26,32). The van der Waals surface area contributed by atoms with Crippen LogP contribution >= 0.6 is 0 Å². The van der Waals surface area contributed by atoms with Crippen molar-refractivity contribution in [3.05, 3.63) is 0 Å². The fourth-order valence-electron chi connectivity index (χ4n) is 5.07. The molecule has 1 amide bonds. The van der Waals surface area contributed by atoms with Crippen molar-refractivity contribution >= 4 is 44.4 Å². The second-order valence-corrected chi connectivity index (χ2v) is 10.9. The fraction of sp³-hybridized carbons (Fsp3) is 0.696. The molecule has 13 heteroatoms. The van der Waals surface area contributed by atoms with Crippen molar-refractivity contribution in [2.45, 2.75) is 38.5 Å². The second-order valence-electron chi connectivity index (χ2n) is 9.18. The third-order valence-corrected chi connectivity index (χ3v) is 8.19. The molecule has 0 aromatic heterocycles. The van der Waals surface area contributed by atoms with Gasteiger partial charge in [0.1, 0.15) is 4.90 Å². The molecular weight excluding hydrogens is 484 g/mol. The van der Waals surface area contributed by atoms with Crippen LogP contribution in [0, 0.1) is 0 Å². The Labute approximate surface area is 215 Å². The summed E-state index contributed by atoms with van der Waals surface area (Å²) in [6.07, 6.45) is 2.06. The minimum atomic E-state index is -4.36. The van der Waals surface area contributed by atoms with Gasteiger partial charge in [-0.2, -0.15) is 0 Å². The van der Waals surface area contributed by atoms with E-state index >= 15 is 0 Å². The number of anilines is 5. The first kappa shape index (κ1) is 28.1. The predicted octanol–water partition coefficient (Wildman–Crippen LogP) is 0.993. The Morgan fingerprint density at radius 3 is 2.03 bits per heavy atom. The number of hydrogen-bond donors (Lipinski definition) is 3. The number of sulfonamides is 1. The van der Waals surface area contributed by atoms with E-state index in [9.17, 15) is 13.2 Å². The quantitative estimate of drug-likeness (QED) is 0.300. The molecule has 1 aromatic carbocycles. The summed E-state index contributed by atoms with van der Waals surface area (Å²) in [7, 11) is 1.18. The highest BCUT2D eigenvalue weighted by Gasteiger charge is 2.40. The van der Waals surface area contributed by atoms with Gasteiger partial charge in [0.15, 0.2) is 0 Å². The van der Waals surface area contributed by atoms with Gasteiger partial charge in [-0.15, -0.1) is 0 Å². The number of hydrogen-bond acceptors (Lipinski definition) is 10. The first-order chi connectivity index (χ1) is 17.1. The molecule has 2 saturated heterocycles. The van der Waals surface area contributed by atoms with Crippen molar-refractivity contribution in [2.75, 3.05) is 98.5 Å². The lowest BCUT2D eigenvalue weighted by atomic mass is 10.1. The van der Waals surface area contributed by atoms with Crippen molar-refractivity contribution in [1.82, 2.24) is 9.95 Å². The Hall–Kier alpha value is -2.48. The lowest BCUT2D eigenvalue weighted by molar-refractivity contribution is -0.121. The number of nitrogens with one attached hydrogen (secondary N) is 2. The zero-order chi connectivity index (χ0) is 26.6. The van der Waals surface area contributed by atoms with Crippen molar-refractivity contribution < 1.29 is 17.9 Å². The van der Waals surface area contributed by atoms with Gasteiger partial charge >= 0.3 is 0 Å². The molecule has 204 valence electrons. The average molecular weight is 527 g/mol. The Balaban J connectivity index is 2.54. The molecule has 2 fully saturated rings. The van der Waals surface area contributed by atoms with Crippen molar-refractivity contribution in [3.63, 3.8) is 0 Å². The summed E-state index contributed by atoms with van der Waals surface area (Å²) in [5.41, 5.74) is 5.90. The lowest BCUT2D eigenvalue weighted by Gasteiger charge is -2.41. The van der Waals surface area contributed by atoms with E-state index in [1.165, 1.54) is 6.92 Å². The number of nitrogens with zero attached hydrogens (tertiary/aromatic N) is 5. The normalized spacial score (nSPS) is 16.4. The van der Waals surface area contributed by atoms with Crippen LogP contribution in [0.25, 0.3) is 0 Å². The number of nitrogens with two attached hydrogens (primary N) is 1. The Bertz CT molecular complexity index is 1030. The Morgan fingerprint density at radius 2 is 1.56 bits per heavy atom. The topological polar surface area (TPSA) is 127 Å². The first-order valence-electron chi connectivity index (χ1n) is 12.6. The van der Waals surface area contributed by atoms with Gasteiger partial charge in [0.25, 0.3) is 10.0 Å². The van der Waals surface area contributed by atoms with Gasteiger partial charge in [-0.05, 0) is 31.2 Å². The van der Waals surface area contributed by atoms with E-state index in [2.05, 4.69) is 39.3 Å². The van der Waals surface area contributed by atoms with E-state index in [4.69, 9.17) is 10.6 Å². The van der Waals surface area contributed by atoms with Crippen LogP contribution in [0.4, 0.5) is 28.4 Å². The van der Waals surface area contributed by atoms with Gasteiger partial charge in [0.05, 0.1) is 41.7 Å². The number of rotatable bonds is 10. The summed E-state index contributed by atoms with van der Waals surface area (Å²) >= 11 is 0. The zero-order valence-corrected chi connectivity index (χ0v) is 23.2. The molecular formula is C23H42N8O4S. The Morgan fingerprint density at radius 1 is 1.00 bits per heavy atom. The molecule has 4 N–H and O–H groups in total. The van der Waals surface area contributed by atoms with E-state index in [0.717, 1.165) is 56.1 Å². The van der Waals surface area contributed by atoms with Crippen LogP contribution in [0.5, 0.6) is 0 Å². The number of carbonyl (C=O) groups excluding carboxylic acids is 1. The van der Waals surface area contributed by atoms with E-state index in [1.54, 1.807) is 7.05 Å². The highest BCUT2D eigenvalue weighted by atomic mass is 32.2. The van der Waals surface area contributed by atoms with Crippen LogP contribution in [0.3, 0.4) is 0 Å². The summed E-state index contributed by atoms with van der Waals surface area (Å²) in [5, 5.41) is 3.18. The van der Waals surface area contributed by atoms with Crippen LogP contribution in [-0.2, 0) is 19.6 Å². The maximum Gasteiger partial charge on any atom is 0.277 e. The molecule has 12 nitrogen and oxygen atoms in total. The minimum Gasteiger partial charge on any atom is -0.385 e. The summed E-state index contributed by atoms with van der Waals surface area (Å²) < 4.78 is 34.3. The van der Waals surface area contributed by atoms with Gasteiger partial charge in [0.2, 0.25) is 5.91 Å². The molecule has 2 aliphatic rings. The molecule has 36 heavy (non-hydrogen) atoms. The first-order valence-corrected chi connectivity index (χ1v) is 14.0. The maximum absolute atomic E-state index is 14.1. The average Bonchev–Trinajstić information content (AvgIpc) is 3.38. The molecule has 1 aromatic rings. The van der Waals surface area contributed by atoms with Crippen molar-refractivity contribution in [3.8, 4) is 0 Å². The second kappa shape index (κ2) is 11.7.